The van der Waals surface area contributed by atoms with E-state index in [2.05, 4.69) is 10.6 Å². The maximum Gasteiger partial charge on any atom is 0.315 e. The van der Waals surface area contributed by atoms with Crippen LogP contribution in [0.1, 0.15) is 17.5 Å². The van der Waals surface area contributed by atoms with E-state index in [1.807, 2.05) is 55.5 Å². The van der Waals surface area contributed by atoms with E-state index in [9.17, 15) is 9.59 Å². The number of ether oxygens (including phenoxy) is 1. The van der Waals surface area contributed by atoms with Gasteiger partial charge in [0.15, 0.2) is 0 Å². The predicted molar refractivity (Wildman–Crippen MR) is 105 cm³/mol. The Hall–Kier alpha value is -3.02. The van der Waals surface area contributed by atoms with Crippen LogP contribution in [0.15, 0.2) is 48.5 Å². The summed E-state index contributed by atoms with van der Waals surface area (Å²) in [6, 6.07) is 15.2. The van der Waals surface area contributed by atoms with E-state index in [1.54, 1.807) is 12.0 Å². The van der Waals surface area contributed by atoms with Crippen LogP contribution in [-0.4, -0.2) is 32.1 Å². The number of nitrogens with zero attached hydrogens (tertiary/aromatic N) is 1. The SMILES string of the molecule is COc1ccc(CNC(=O)NCC2CC(=O)N(c3ccc(C)cc3)C2)cc1. The number of methoxy groups -OCH3 is 1. The molecule has 6 heteroatoms. The third-order valence-electron chi connectivity index (χ3n) is 4.71. The first-order chi connectivity index (χ1) is 13.0. The van der Waals surface area contributed by atoms with Crippen LogP contribution in [0.4, 0.5) is 10.5 Å². The summed E-state index contributed by atoms with van der Waals surface area (Å²) in [5.74, 6) is 1.00. The Morgan fingerprint density at radius 3 is 2.48 bits per heavy atom. The van der Waals surface area contributed by atoms with Crippen molar-refractivity contribution in [1.82, 2.24) is 10.6 Å². The molecule has 142 valence electrons. The molecule has 1 heterocycles. The molecule has 0 radical (unpaired) electrons. The van der Waals surface area contributed by atoms with Crippen molar-refractivity contribution in [2.75, 3.05) is 25.1 Å². The Balaban J connectivity index is 1.43. The summed E-state index contributed by atoms with van der Waals surface area (Å²) in [7, 11) is 1.62. The van der Waals surface area contributed by atoms with Crippen molar-refractivity contribution in [2.45, 2.75) is 19.9 Å². The van der Waals surface area contributed by atoms with Gasteiger partial charge in [-0.05, 0) is 36.8 Å². The second kappa shape index (κ2) is 8.58. The molecule has 1 saturated heterocycles. The average Bonchev–Trinajstić information content (AvgIpc) is 3.06. The molecule has 1 atom stereocenters. The lowest BCUT2D eigenvalue weighted by atomic mass is 10.1. The minimum absolute atomic E-state index is 0.101. The number of hydrogen-bond donors (Lipinski definition) is 2. The lowest BCUT2D eigenvalue weighted by molar-refractivity contribution is -0.117. The highest BCUT2D eigenvalue weighted by Gasteiger charge is 2.30. The molecule has 1 aliphatic heterocycles. The minimum Gasteiger partial charge on any atom is -0.497 e. The zero-order valence-corrected chi connectivity index (χ0v) is 15.7. The van der Waals surface area contributed by atoms with Gasteiger partial charge in [-0.2, -0.15) is 0 Å². The molecule has 0 saturated carbocycles. The molecule has 1 aliphatic rings. The monoisotopic (exact) mass is 367 g/mol. The van der Waals surface area contributed by atoms with Crippen LogP contribution in [-0.2, 0) is 11.3 Å². The zero-order chi connectivity index (χ0) is 19.2. The number of urea groups is 1. The maximum atomic E-state index is 12.3. The largest absolute Gasteiger partial charge is 0.497 e. The molecule has 3 rings (SSSR count). The first-order valence-corrected chi connectivity index (χ1v) is 9.07. The molecule has 1 fully saturated rings. The number of carbonyl (C=O) groups excluding carboxylic acids is 2. The Morgan fingerprint density at radius 1 is 1.11 bits per heavy atom. The van der Waals surface area contributed by atoms with Gasteiger partial charge in [-0.1, -0.05) is 29.8 Å². The molecule has 1 unspecified atom stereocenters. The number of rotatable bonds is 6. The summed E-state index contributed by atoms with van der Waals surface area (Å²) in [6.45, 7) is 3.56. The number of hydrogen-bond acceptors (Lipinski definition) is 3. The van der Waals surface area contributed by atoms with Crippen LogP contribution in [0.2, 0.25) is 0 Å². The van der Waals surface area contributed by atoms with E-state index >= 15 is 0 Å². The van der Waals surface area contributed by atoms with Crippen LogP contribution < -0.4 is 20.3 Å². The molecule has 2 aromatic rings. The topological polar surface area (TPSA) is 70.7 Å². The van der Waals surface area contributed by atoms with Gasteiger partial charge in [0, 0.05) is 37.7 Å². The third-order valence-corrected chi connectivity index (χ3v) is 4.71. The lowest BCUT2D eigenvalue weighted by Crippen LogP contribution is -2.38. The van der Waals surface area contributed by atoms with Crippen molar-refractivity contribution in [1.29, 1.82) is 0 Å². The molecule has 6 nitrogen and oxygen atoms in total. The van der Waals surface area contributed by atoms with Gasteiger partial charge >= 0.3 is 6.03 Å². The van der Waals surface area contributed by atoms with Gasteiger partial charge in [0.05, 0.1) is 7.11 Å². The van der Waals surface area contributed by atoms with E-state index in [0.29, 0.717) is 26.1 Å². The van der Waals surface area contributed by atoms with Gasteiger partial charge in [-0.15, -0.1) is 0 Å². The van der Waals surface area contributed by atoms with E-state index < -0.39 is 0 Å². The fraction of sp³-hybridized carbons (Fsp3) is 0.333. The average molecular weight is 367 g/mol. The second-order valence-corrected chi connectivity index (χ2v) is 6.82. The first-order valence-electron chi connectivity index (χ1n) is 9.07. The van der Waals surface area contributed by atoms with Crippen LogP contribution in [0.25, 0.3) is 0 Å². The van der Waals surface area contributed by atoms with Gasteiger partial charge in [0.1, 0.15) is 5.75 Å². The maximum absolute atomic E-state index is 12.3. The molecule has 3 amide bonds. The Labute approximate surface area is 159 Å². The van der Waals surface area contributed by atoms with Crippen molar-refractivity contribution >= 4 is 17.6 Å². The lowest BCUT2D eigenvalue weighted by Gasteiger charge is -2.17. The summed E-state index contributed by atoms with van der Waals surface area (Å²) >= 11 is 0. The number of amides is 3. The van der Waals surface area contributed by atoms with E-state index in [0.717, 1.165) is 22.6 Å². The number of nitrogens with one attached hydrogen (secondary N) is 2. The normalized spacial score (nSPS) is 16.3. The van der Waals surface area contributed by atoms with Crippen molar-refractivity contribution < 1.29 is 14.3 Å². The molecular weight excluding hydrogens is 342 g/mol. The van der Waals surface area contributed by atoms with Crippen LogP contribution in [0.3, 0.4) is 0 Å². The molecule has 27 heavy (non-hydrogen) atoms. The van der Waals surface area contributed by atoms with Gasteiger partial charge in [-0.25, -0.2) is 4.79 Å². The molecule has 0 aromatic heterocycles. The summed E-state index contributed by atoms with van der Waals surface area (Å²) in [6.07, 6.45) is 0.451. The van der Waals surface area contributed by atoms with Gasteiger partial charge < -0.3 is 20.3 Å². The van der Waals surface area contributed by atoms with E-state index in [4.69, 9.17) is 4.74 Å². The molecule has 2 aromatic carbocycles. The standard InChI is InChI=1S/C21H25N3O3/c1-15-3-7-18(8-4-15)24-14-17(11-20(24)25)13-23-21(26)22-12-16-5-9-19(27-2)10-6-16/h3-10,17H,11-14H2,1-2H3,(H2,22,23,26). The van der Waals surface area contributed by atoms with Gasteiger partial charge in [-0.3, -0.25) is 4.79 Å². The predicted octanol–water partition coefficient (Wildman–Crippen LogP) is 2.86. The Bertz CT molecular complexity index is 787. The summed E-state index contributed by atoms with van der Waals surface area (Å²) in [4.78, 5) is 26.1. The Morgan fingerprint density at radius 2 is 1.81 bits per heavy atom. The third kappa shape index (κ3) is 5.00. The molecular formula is C21H25N3O3. The smallest absolute Gasteiger partial charge is 0.315 e. The fourth-order valence-corrected chi connectivity index (χ4v) is 3.12. The van der Waals surface area contributed by atoms with Crippen molar-refractivity contribution in [2.24, 2.45) is 5.92 Å². The Kier molecular flexibility index (Phi) is 5.96. The van der Waals surface area contributed by atoms with Gasteiger partial charge in [0.2, 0.25) is 5.91 Å². The van der Waals surface area contributed by atoms with Gasteiger partial charge in [0.25, 0.3) is 0 Å². The van der Waals surface area contributed by atoms with E-state index in [1.165, 1.54) is 0 Å². The molecule has 0 aliphatic carbocycles. The number of benzene rings is 2. The van der Waals surface area contributed by atoms with Crippen LogP contribution in [0.5, 0.6) is 5.75 Å². The van der Waals surface area contributed by atoms with Crippen LogP contribution in [0, 0.1) is 12.8 Å². The van der Waals surface area contributed by atoms with Crippen molar-refractivity contribution in [3.8, 4) is 5.75 Å². The number of aryl methyl sites for hydroxylation is 1. The first kappa shape index (κ1) is 18.8. The number of carbonyl (C=O) groups is 2. The van der Waals surface area contributed by atoms with Crippen molar-refractivity contribution in [3.05, 3.63) is 59.7 Å². The van der Waals surface area contributed by atoms with Crippen molar-refractivity contribution in [3.63, 3.8) is 0 Å². The highest BCUT2D eigenvalue weighted by atomic mass is 16.5. The second-order valence-electron chi connectivity index (χ2n) is 6.82. The minimum atomic E-state index is -0.230. The summed E-state index contributed by atoms with van der Waals surface area (Å²) in [5.41, 5.74) is 3.07. The molecule has 0 bridgehead atoms. The quantitative estimate of drug-likeness (QED) is 0.825. The highest BCUT2D eigenvalue weighted by Crippen LogP contribution is 2.24. The molecule has 0 spiro atoms. The molecule has 2 N–H and O–H groups in total. The fourth-order valence-electron chi connectivity index (χ4n) is 3.12. The highest BCUT2D eigenvalue weighted by molar-refractivity contribution is 5.95. The summed E-state index contributed by atoms with van der Waals surface area (Å²) in [5, 5.41) is 5.70. The number of anilines is 1. The summed E-state index contributed by atoms with van der Waals surface area (Å²) < 4.78 is 5.11. The van der Waals surface area contributed by atoms with Crippen LogP contribution >= 0.6 is 0 Å². The zero-order valence-electron chi connectivity index (χ0n) is 15.7. The van der Waals surface area contributed by atoms with E-state index in [-0.39, 0.29) is 17.9 Å².